The Bertz CT molecular complexity index is 103. The summed E-state index contributed by atoms with van der Waals surface area (Å²) in [5.74, 6) is -1.23. The molecule has 76 valence electrons. The Morgan fingerprint density at radius 1 is 1.50 bits per heavy atom. The molecule has 0 rings (SSSR count). The average Bonchev–Trinajstić information content (AvgIpc) is 1.89. The predicted octanol–water partition coefficient (Wildman–Crippen LogP) is 2.25. The lowest BCUT2D eigenvalue weighted by Crippen LogP contribution is -2.14. The first kappa shape index (κ1) is 17.5. The van der Waals surface area contributed by atoms with Gasteiger partial charge >= 0.3 is 5.97 Å². The summed E-state index contributed by atoms with van der Waals surface area (Å²) in [6.45, 7) is 1.88. The highest BCUT2D eigenvalue weighted by atomic mass is 17.1. The minimum Gasteiger partial charge on any atom is -0.481 e. The van der Waals surface area contributed by atoms with E-state index < -0.39 is 11.9 Å². The standard InChI is InChI=1S/C6H12O4.2CH4/c1-2-5(6(7)8)3-4-10-9;;/h5,9H,2-4H2,1H3,(H,7,8);2*1H4. The van der Waals surface area contributed by atoms with Gasteiger partial charge in [-0.05, 0) is 12.8 Å². The van der Waals surface area contributed by atoms with E-state index in [0.29, 0.717) is 12.8 Å². The molecule has 4 heteroatoms. The summed E-state index contributed by atoms with van der Waals surface area (Å²) in [6, 6.07) is 0. The van der Waals surface area contributed by atoms with Gasteiger partial charge in [-0.3, -0.25) is 10.1 Å². The molecule has 0 aliphatic heterocycles. The van der Waals surface area contributed by atoms with Crippen LogP contribution in [-0.4, -0.2) is 22.9 Å². The highest BCUT2D eigenvalue weighted by Crippen LogP contribution is 2.07. The molecular formula is C8H20O4. The molecule has 0 aliphatic carbocycles. The maximum atomic E-state index is 10.3. The number of carboxylic acid groups (broad SMARTS) is 1. The molecule has 2 N–H and O–H groups in total. The molecule has 0 saturated carbocycles. The molecule has 1 atom stereocenters. The van der Waals surface area contributed by atoms with E-state index in [1.165, 1.54) is 0 Å². The quantitative estimate of drug-likeness (QED) is 0.503. The number of carbonyl (C=O) groups is 1. The summed E-state index contributed by atoms with van der Waals surface area (Å²) < 4.78 is 0. The Hall–Kier alpha value is -0.610. The van der Waals surface area contributed by atoms with Gasteiger partial charge in [0.2, 0.25) is 0 Å². The van der Waals surface area contributed by atoms with Crippen LogP contribution in [0.2, 0.25) is 0 Å². The van der Waals surface area contributed by atoms with E-state index in [9.17, 15) is 4.79 Å². The van der Waals surface area contributed by atoms with Crippen molar-refractivity contribution in [3.63, 3.8) is 0 Å². The van der Waals surface area contributed by atoms with Gasteiger partial charge in [0, 0.05) is 0 Å². The van der Waals surface area contributed by atoms with Crippen LogP contribution >= 0.6 is 0 Å². The van der Waals surface area contributed by atoms with Gasteiger partial charge < -0.3 is 5.11 Å². The zero-order chi connectivity index (χ0) is 7.98. The Kier molecular flexibility index (Phi) is 15.1. The molecule has 0 heterocycles. The van der Waals surface area contributed by atoms with Gasteiger partial charge in [-0.15, -0.1) is 0 Å². The fourth-order valence-corrected chi connectivity index (χ4v) is 0.697. The fourth-order valence-electron chi connectivity index (χ4n) is 0.697. The van der Waals surface area contributed by atoms with Gasteiger partial charge in [0.1, 0.15) is 0 Å². The SMILES string of the molecule is C.C.CCC(CCOO)C(=O)O. The molecule has 0 amide bonds. The number of carboxylic acids is 1. The van der Waals surface area contributed by atoms with Crippen molar-refractivity contribution in [2.45, 2.75) is 34.6 Å². The van der Waals surface area contributed by atoms with Crippen molar-refractivity contribution >= 4 is 5.97 Å². The first-order valence-electron chi connectivity index (χ1n) is 3.21. The second-order valence-electron chi connectivity index (χ2n) is 2.07. The fraction of sp³-hybridized carbons (Fsp3) is 0.875. The Balaban J connectivity index is -0.000000405. The van der Waals surface area contributed by atoms with E-state index in [-0.39, 0.29) is 21.5 Å². The Morgan fingerprint density at radius 3 is 2.25 bits per heavy atom. The molecule has 0 spiro atoms. The van der Waals surface area contributed by atoms with Gasteiger partial charge in [-0.2, -0.15) is 0 Å². The van der Waals surface area contributed by atoms with E-state index in [1.807, 2.05) is 0 Å². The number of hydrogen-bond acceptors (Lipinski definition) is 3. The van der Waals surface area contributed by atoms with Crippen LogP contribution in [0.4, 0.5) is 0 Å². The lowest BCUT2D eigenvalue weighted by atomic mass is 10.0. The van der Waals surface area contributed by atoms with E-state index in [0.717, 1.165) is 0 Å². The zero-order valence-corrected chi connectivity index (χ0v) is 5.91. The summed E-state index contributed by atoms with van der Waals surface area (Å²) >= 11 is 0. The lowest BCUT2D eigenvalue weighted by molar-refractivity contribution is -0.244. The molecule has 0 aliphatic rings. The lowest BCUT2D eigenvalue weighted by Gasteiger charge is -2.06. The number of aliphatic carboxylic acids is 1. The molecule has 0 saturated heterocycles. The molecule has 0 aromatic rings. The molecule has 0 fully saturated rings. The summed E-state index contributed by atoms with van der Waals surface area (Å²) in [5, 5.41) is 16.4. The van der Waals surface area contributed by atoms with Crippen LogP contribution in [0, 0.1) is 5.92 Å². The highest BCUT2D eigenvalue weighted by Gasteiger charge is 2.13. The van der Waals surface area contributed by atoms with Crippen LogP contribution < -0.4 is 0 Å². The zero-order valence-electron chi connectivity index (χ0n) is 5.91. The first-order chi connectivity index (χ1) is 4.72. The van der Waals surface area contributed by atoms with Crippen molar-refractivity contribution < 1.29 is 20.0 Å². The summed E-state index contributed by atoms with van der Waals surface area (Å²) in [5.41, 5.74) is 0. The molecule has 12 heavy (non-hydrogen) atoms. The molecule has 0 aromatic heterocycles. The molecule has 0 radical (unpaired) electrons. The third-order valence-corrected chi connectivity index (χ3v) is 1.40. The maximum absolute atomic E-state index is 10.3. The largest absolute Gasteiger partial charge is 0.481 e. The molecule has 0 bridgehead atoms. The monoisotopic (exact) mass is 180 g/mol. The van der Waals surface area contributed by atoms with Crippen molar-refractivity contribution in [1.29, 1.82) is 0 Å². The van der Waals surface area contributed by atoms with Crippen LogP contribution in [-0.2, 0) is 9.68 Å². The second kappa shape index (κ2) is 10.4. The summed E-state index contributed by atoms with van der Waals surface area (Å²) in [7, 11) is 0. The van der Waals surface area contributed by atoms with Crippen LogP contribution in [0.25, 0.3) is 0 Å². The Morgan fingerprint density at radius 2 is 2.00 bits per heavy atom. The van der Waals surface area contributed by atoms with Crippen molar-refractivity contribution in [2.75, 3.05) is 6.61 Å². The van der Waals surface area contributed by atoms with Crippen molar-refractivity contribution in [3.8, 4) is 0 Å². The van der Waals surface area contributed by atoms with E-state index in [1.54, 1.807) is 6.92 Å². The first-order valence-corrected chi connectivity index (χ1v) is 3.21. The number of hydrogen-bond donors (Lipinski definition) is 2. The summed E-state index contributed by atoms with van der Waals surface area (Å²) in [6.07, 6.45) is 0.932. The third kappa shape index (κ3) is 7.50. The minimum atomic E-state index is -0.834. The van der Waals surface area contributed by atoms with E-state index in [4.69, 9.17) is 10.4 Å². The van der Waals surface area contributed by atoms with Gasteiger partial charge in [0.25, 0.3) is 0 Å². The van der Waals surface area contributed by atoms with Crippen LogP contribution in [0.1, 0.15) is 34.6 Å². The Labute approximate surface area is 74.1 Å². The smallest absolute Gasteiger partial charge is 0.306 e. The second-order valence-corrected chi connectivity index (χ2v) is 2.07. The van der Waals surface area contributed by atoms with Crippen LogP contribution in [0.3, 0.4) is 0 Å². The highest BCUT2D eigenvalue weighted by molar-refractivity contribution is 5.69. The summed E-state index contributed by atoms with van der Waals surface area (Å²) in [4.78, 5) is 14.1. The van der Waals surface area contributed by atoms with Crippen LogP contribution in [0.5, 0.6) is 0 Å². The topological polar surface area (TPSA) is 66.8 Å². The van der Waals surface area contributed by atoms with Crippen molar-refractivity contribution in [3.05, 3.63) is 0 Å². The number of rotatable bonds is 5. The molecule has 1 unspecified atom stereocenters. The van der Waals surface area contributed by atoms with Crippen LogP contribution in [0.15, 0.2) is 0 Å². The van der Waals surface area contributed by atoms with Crippen molar-refractivity contribution in [2.24, 2.45) is 5.92 Å². The minimum absolute atomic E-state index is 0. The van der Waals surface area contributed by atoms with Gasteiger partial charge in [0.15, 0.2) is 0 Å². The van der Waals surface area contributed by atoms with Gasteiger partial charge in [-0.1, -0.05) is 21.8 Å². The average molecular weight is 180 g/mol. The molecule has 0 aromatic carbocycles. The van der Waals surface area contributed by atoms with E-state index in [2.05, 4.69) is 4.89 Å². The molecule has 4 nitrogen and oxygen atoms in total. The van der Waals surface area contributed by atoms with Gasteiger partial charge in [-0.25, -0.2) is 4.89 Å². The third-order valence-electron chi connectivity index (χ3n) is 1.40. The normalized spacial score (nSPS) is 10.8. The van der Waals surface area contributed by atoms with E-state index >= 15 is 0 Å². The maximum Gasteiger partial charge on any atom is 0.306 e. The van der Waals surface area contributed by atoms with Crippen molar-refractivity contribution in [1.82, 2.24) is 0 Å². The predicted molar refractivity (Wildman–Crippen MR) is 48.1 cm³/mol. The molecular weight excluding hydrogens is 160 g/mol. The van der Waals surface area contributed by atoms with Gasteiger partial charge in [0.05, 0.1) is 12.5 Å².